The summed E-state index contributed by atoms with van der Waals surface area (Å²) in [7, 11) is 0. The van der Waals surface area contributed by atoms with Crippen LogP contribution in [0.4, 0.5) is 5.69 Å². The van der Waals surface area contributed by atoms with Gasteiger partial charge in [-0.1, -0.05) is 23.9 Å². The Kier molecular flexibility index (Phi) is 7.98. The van der Waals surface area contributed by atoms with E-state index in [1.165, 1.54) is 17.8 Å². The zero-order valence-corrected chi connectivity index (χ0v) is 20.9. The summed E-state index contributed by atoms with van der Waals surface area (Å²) < 4.78 is 6.75. The van der Waals surface area contributed by atoms with Crippen molar-refractivity contribution in [2.24, 2.45) is 0 Å². The molecule has 0 aliphatic rings. The highest BCUT2D eigenvalue weighted by molar-refractivity contribution is 7.99. The van der Waals surface area contributed by atoms with Crippen molar-refractivity contribution in [3.63, 3.8) is 0 Å². The molecule has 0 spiro atoms. The largest absolute Gasteiger partial charge is 0.462 e. The van der Waals surface area contributed by atoms with Gasteiger partial charge in [0.05, 0.1) is 17.9 Å². The summed E-state index contributed by atoms with van der Waals surface area (Å²) in [6.07, 6.45) is 0.152. The lowest BCUT2D eigenvalue weighted by Crippen LogP contribution is -2.23. The zero-order chi connectivity index (χ0) is 26.4. The third kappa shape index (κ3) is 6.61. The lowest BCUT2D eigenvalue weighted by Gasteiger charge is -2.11. The Morgan fingerprint density at radius 3 is 2.54 bits per heavy atom. The number of thioether (sulfide) groups is 1. The molecular weight excluding hydrogens is 496 g/mol. The standard InChI is InChI=1S/C25H24N6O5S/c1-3-36-23(34)16-7-9-17(10-8-16)26-22(33)14-37-25-30-29-20(12-18-13-21(32)28-24(35)27-18)31(25)19-6-4-5-15(2)11-19/h4-11,13H,3,12,14H2,1-2H3,(H,26,33)(H2,27,28,32,35). The monoisotopic (exact) mass is 520 g/mol. The minimum absolute atomic E-state index is 0.0470. The van der Waals surface area contributed by atoms with Crippen molar-refractivity contribution in [1.29, 1.82) is 0 Å². The number of anilines is 1. The molecule has 2 heterocycles. The molecule has 0 aliphatic carbocycles. The number of H-pyrrole nitrogens is 2. The molecule has 0 saturated heterocycles. The first-order chi connectivity index (χ1) is 17.8. The molecule has 0 atom stereocenters. The van der Waals surface area contributed by atoms with Crippen LogP contribution in [0.15, 0.2) is 69.3 Å². The van der Waals surface area contributed by atoms with Gasteiger partial charge in [0.2, 0.25) is 5.91 Å². The van der Waals surface area contributed by atoms with Crippen molar-refractivity contribution in [3.8, 4) is 5.69 Å². The van der Waals surface area contributed by atoms with Gasteiger partial charge in [-0.05, 0) is 55.8 Å². The lowest BCUT2D eigenvalue weighted by atomic mass is 10.2. The van der Waals surface area contributed by atoms with Crippen LogP contribution < -0.4 is 16.6 Å². The highest BCUT2D eigenvalue weighted by Crippen LogP contribution is 2.24. The van der Waals surface area contributed by atoms with Crippen LogP contribution in [0.5, 0.6) is 0 Å². The van der Waals surface area contributed by atoms with E-state index in [-0.39, 0.29) is 24.7 Å². The summed E-state index contributed by atoms with van der Waals surface area (Å²) in [5.74, 6) is -0.158. The molecule has 0 radical (unpaired) electrons. The number of aryl methyl sites for hydroxylation is 1. The third-order valence-corrected chi connectivity index (χ3v) is 6.07. The molecule has 12 heteroatoms. The molecule has 37 heavy (non-hydrogen) atoms. The number of esters is 1. The summed E-state index contributed by atoms with van der Waals surface area (Å²) in [6, 6.07) is 15.4. The molecule has 11 nitrogen and oxygen atoms in total. The highest BCUT2D eigenvalue weighted by atomic mass is 32.2. The topological polar surface area (TPSA) is 152 Å². The van der Waals surface area contributed by atoms with Gasteiger partial charge in [-0.25, -0.2) is 9.59 Å². The van der Waals surface area contributed by atoms with E-state index in [0.29, 0.717) is 27.9 Å². The SMILES string of the molecule is CCOC(=O)c1ccc(NC(=O)CSc2nnc(Cc3cc(=O)[nH]c(=O)[nH]3)n2-c2cccc(C)c2)cc1. The maximum absolute atomic E-state index is 12.6. The molecule has 2 aromatic heterocycles. The fourth-order valence-corrected chi connectivity index (χ4v) is 4.32. The van der Waals surface area contributed by atoms with E-state index in [0.717, 1.165) is 11.3 Å². The van der Waals surface area contributed by atoms with E-state index in [1.807, 2.05) is 31.2 Å². The van der Waals surface area contributed by atoms with Crippen molar-refractivity contribution in [1.82, 2.24) is 24.7 Å². The number of hydrogen-bond donors (Lipinski definition) is 3. The zero-order valence-electron chi connectivity index (χ0n) is 20.1. The van der Waals surface area contributed by atoms with E-state index < -0.39 is 17.2 Å². The van der Waals surface area contributed by atoms with Crippen molar-refractivity contribution in [2.75, 3.05) is 17.7 Å². The second-order valence-electron chi connectivity index (χ2n) is 8.00. The Balaban J connectivity index is 1.51. The molecule has 1 amide bonds. The molecule has 3 N–H and O–H groups in total. The van der Waals surface area contributed by atoms with Gasteiger partial charge < -0.3 is 15.0 Å². The minimum atomic E-state index is -0.606. The second kappa shape index (κ2) is 11.5. The molecule has 4 rings (SSSR count). The number of carbonyl (C=O) groups excluding carboxylic acids is 2. The van der Waals surface area contributed by atoms with Crippen LogP contribution in [0.2, 0.25) is 0 Å². The number of carbonyl (C=O) groups is 2. The minimum Gasteiger partial charge on any atom is -0.462 e. The number of amides is 1. The Labute approximate surface area is 215 Å². The predicted molar refractivity (Wildman–Crippen MR) is 138 cm³/mol. The maximum Gasteiger partial charge on any atom is 0.338 e. The third-order valence-electron chi connectivity index (χ3n) is 5.14. The van der Waals surface area contributed by atoms with Crippen LogP contribution in [-0.2, 0) is 16.0 Å². The first-order valence-corrected chi connectivity index (χ1v) is 12.3. The summed E-state index contributed by atoms with van der Waals surface area (Å²) in [5, 5.41) is 11.8. The van der Waals surface area contributed by atoms with Crippen molar-refractivity contribution in [2.45, 2.75) is 25.4 Å². The summed E-state index contributed by atoms with van der Waals surface area (Å²) in [6.45, 7) is 3.97. The van der Waals surface area contributed by atoms with E-state index in [2.05, 4.69) is 25.5 Å². The Morgan fingerprint density at radius 1 is 1.05 bits per heavy atom. The van der Waals surface area contributed by atoms with Gasteiger partial charge in [-0.15, -0.1) is 10.2 Å². The predicted octanol–water partition coefficient (Wildman–Crippen LogP) is 2.45. The Morgan fingerprint density at radius 2 is 1.84 bits per heavy atom. The Hall–Kier alpha value is -4.45. The van der Waals surface area contributed by atoms with Gasteiger partial charge in [0, 0.05) is 29.6 Å². The highest BCUT2D eigenvalue weighted by Gasteiger charge is 2.17. The molecule has 4 aromatic rings. The van der Waals surface area contributed by atoms with Crippen LogP contribution in [0.25, 0.3) is 5.69 Å². The van der Waals surface area contributed by atoms with Crippen molar-refractivity contribution in [3.05, 3.63) is 98.1 Å². The van der Waals surface area contributed by atoms with Gasteiger partial charge >= 0.3 is 11.7 Å². The van der Waals surface area contributed by atoms with Crippen molar-refractivity contribution < 1.29 is 14.3 Å². The second-order valence-corrected chi connectivity index (χ2v) is 8.94. The fourth-order valence-electron chi connectivity index (χ4n) is 3.55. The molecule has 2 aromatic carbocycles. The first-order valence-electron chi connectivity index (χ1n) is 11.4. The van der Waals surface area contributed by atoms with E-state index in [1.54, 1.807) is 35.8 Å². The average molecular weight is 521 g/mol. The number of nitrogens with zero attached hydrogens (tertiary/aromatic N) is 3. The molecule has 0 aliphatic heterocycles. The normalized spacial score (nSPS) is 10.8. The van der Waals surface area contributed by atoms with Crippen LogP contribution in [0.1, 0.15) is 34.4 Å². The summed E-state index contributed by atoms with van der Waals surface area (Å²) in [5.41, 5.74) is 2.00. The van der Waals surface area contributed by atoms with Gasteiger partial charge in [0.1, 0.15) is 5.82 Å². The number of hydrogen-bond acceptors (Lipinski definition) is 8. The van der Waals surface area contributed by atoms with Crippen molar-refractivity contribution >= 4 is 29.3 Å². The van der Waals surface area contributed by atoms with E-state index >= 15 is 0 Å². The van der Waals surface area contributed by atoms with Gasteiger partial charge in [0.15, 0.2) is 5.16 Å². The average Bonchev–Trinajstić information content (AvgIpc) is 3.25. The van der Waals surface area contributed by atoms with E-state index in [4.69, 9.17) is 4.74 Å². The van der Waals surface area contributed by atoms with Crippen LogP contribution in [0.3, 0.4) is 0 Å². The molecule has 0 saturated carbocycles. The van der Waals surface area contributed by atoms with Crippen LogP contribution >= 0.6 is 11.8 Å². The van der Waals surface area contributed by atoms with Gasteiger partial charge in [-0.2, -0.15) is 0 Å². The molecular formula is C25H24N6O5S. The van der Waals surface area contributed by atoms with Crippen LogP contribution in [0, 0.1) is 6.92 Å². The number of ether oxygens (including phenoxy) is 1. The Bertz CT molecular complexity index is 1510. The number of aromatic amines is 2. The lowest BCUT2D eigenvalue weighted by molar-refractivity contribution is -0.113. The van der Waals surface area contributed by atoms with Crippen LogP contribution in [-0.4, -0.2) is 49.0 Å². The quantitative estimate of drug-likeness (QED) is 0.225. The number of benzene rings is 2. The first kappa shape index (κ1) is 25.6. The number of nitrogens with one attached hydrogen (secondary N) is 3. The fraction of sp³-hybridized carbons (Fsp3) is 0.200. The maximum atomic E-state index is 12.6. The summed E-state index contributed by atoms with van der Waals surface area (Å²) >= 11 is 1.19. The van der Waals surface area contributed by atoms with Gasteiger partial charge in [-0.3, -0.25) is 19.1 Å². The number of aromatic nitrogens is 5. The summed E-state index contributed by atoms with van der Waals surface area (Å²) in [4.78, 5) is 52.6. The molecule has 0 bridgehead atoms. The van der Waals surface area contributed by atoms with E-state index in [9.17, 15) is 19.2 Å². The molecule has 0 unspecified atom stereocenters. The smallest absolute Gasteiger partial charge is 0.338 e. The number of rotatable bonds is 9. The molecule has 0 fully saturated rings. The molecule has 190 valence electrons. The van der Waals surface area contributed by atoms with Gasteiger partial charge in [0.25, 0.3) is 5.56 Å².